The molecule has 0 aliphatic rings. The number of carbonyl (C=O) groups is 1. The quantitative estimate of drug-likeness (QED) is 0.769. The Labute approximate surface area is 141 Å². The topological polar surface area (TPSA) is 83.5 Å². The summed E-state index contributed by atoms with van der Waals surface area (Å²) in [6.45, 7) is 0. The van der Waals surface area contributed by atoms with Crippen molar-refractivity contribution in [3.8, 4) is 0 Å². The van der Waals surface area contributed by atoms with E-state index >= 15 is 0 Å². The highest BCUT2D eigenvalue weighted by Crippen LogP contribution is 2.06. The van der Waals surface area contributed by atoms with E-state index in [9.17, 15) is 18.3 Å². The molecule has 0 aliphatic heterocycles. The molecule has 6 heteroatoms. The predicted octanol–water partition coefficient (Wildman–Crippen LogP) is 2.32. The van der Waals surface area contributed by atoms with E-state index in [1.807, 2.05) is 36.4 Å². The van der Waals surface area contributed by atoms with E-state index in [-0.39, 0.29) is 12.2 Å². The second-order valence-electron chi connectivity index (χ2n) is 5.29. The van der Waals surface area contributed by atoms with Gasteiger partial charge in [-0.2, -0.15) is 0 Å². The van der Waals surface area contributed by atoms with E-state index in [2.05, 4.69) is 4.72 Å². The van der Waals surface area contributed by atoms with Crippen LogP contribution in [0.4, 0.5) is 0 Å². The summed E-state index contributed by atoms with van der Waals surface area (Å²) in [5.41, 5.74) is 1.64. The molecule has 0 aliphatic carbocycles. The normalized spacial score (nSPS) is 13.0. The number of carboxylic acid groups (broad SMARTS) is 1. The highest BCUT2D eigenvalue weighted by atomic mass is 32.2. The summed E-state index contributed by atoms with van der Waals surface area (Å²) in [6.07, 6.45) is 3.28. The van der Waals surface area contributed by atoms with Gasteiger partial charge < -0.3 is 5.11 Å². The fourth-order valence-electron chi connectivity index (χ4n) is 2.17. The first-order valence-corrected chi connectivity index (χ1v) is 9.10. The Bertz CT molecular complexity index is 786. The lowest BCUT2D eigenvalue weighted by molar-refractivity contribution is -0.138. The van der Waals surface area contributed by atoms with Crippen LogP contribution in [-0.2, 0) is 21.2 Å². The van der Waals surface area contributed by atoms with Crippen LogP contribution in [0.3, 0.4) is 0 Å². The van der Waals surface area contributed by atoms with Crippen LogP contribution in [-0.4, -0.2) is 31.3 Å². The monoisotopic (exact) mass is 345 g/mol. The largest absolute Gasteiger partial charge is 0.480 e. The minimum Gasteiger partial charge on any atom is -0.480 e. The summed E-state index contributed by atoms with van der Waals surface area (Å²) < 4.78 is 26.4. The molecule has 24 heavy (non-hydrogen) atoms. The van der Waals surface area contributed by atoms with Crippen molar-refractivity contribution in [1.29, 1.82) is 0 Å². The molecular formula is C18H19NO4S. The number of hydrogen-bond donors (Lipinski definition) is 2. The van der Waals surface area contributed by atoms with Crippen molar-refractivity contribution in [2.24, 2.45) is 0 Å². The molecule has 2 aromatic rings. The van der Waals surface area contributed by atoms with Crippen molar-refractivity contribution in [2.45, 2.75) is 12.5 Å². The molecule has 2 aromatic carbocycles. The Morgan fingerprint density at radius 1 is 1.04 bits per heavy atom. The third-order valence-electron chi connectivity index (χ3n) is 3.33. The van der Waals surface area contributed by atoms with Gasteiger partial charge in [-0.15, -0.1) is 0 Å². The number of benzene rings is 2. The van der Waals surface area contributed by atoms with Crippen molar-refractivity contribution in [2.75, 3.05) is 5.75 Å². The fraction of sp³-hybridized carbons (Fsp3) is 0.167. The lowest BCUT2D eigenvalue weighted by atomic mass is 10.1. The lowest BCUT2D eigenvalue weighted by Crippen LogP contribution is -2.43. The zero-order chi connectivity index (χ0) is 17.4. The average Bonchev–Trinajstić information content (AvgIpc) is 2.56. The third-order valence-corrected chi connectivity index (χ3v) is 4.60. The van der Waals surface area contributed by atoms with Crippen molar-refractivity contribution >= 4 is 22.1 Å². The van der Waals surface area contributed by atoms with Crippen molar-refractivity contribution in [3.63, 3.8) is 0 Å². The lowest BCUT2D eigenvalue weighted by Gasteiger charge is -2.14. The van der Waals surface area contributed by atoms with Gasteiger partial charge in [0.05, 0.1) is 5.75 Å². The summed E-state index contributed by atoms with van der Waals surface area (Å²) in [5, 5.41) is 9.26. The maximum atomic E-state index is 12.1. The van der Waals surface area contributed by atoms with E-state index in [0.717, 1.165) is 11.1 Å². The standard InChI is InChI=1S/C18H19NO4S/c20-18(21)17(14-16-10-5-2-6-11-16)19-24(22,23)13-7-12-15-8-3-1-4-9-15/h1-12,17,19H,13-14H2,(H,20,21)/b12-7+. The molecule has 5 nitrogen and oxygen atoms in total. The predicted molar refractivity (Wildman–Crippen MR) is 94.0 cm³/mol. The number of nitrogens with one attached hydrogen (secondary N) is 1. The minimum atomic E-state index is -3.73. The Hall–Kier alpha value is -2.44. The van der Waals surface area contributed by atoms with Crippen LogP contribution in [0.25, 0.3) is 6.08 Å². The molecule has 0 fully saturated rings. The summed E-state index contributed by atoms with van der Waals surface area (Å²) in [6, 6.07) is 17.0. The second kappa shape index (κ2) is 8.42. The van der Waals surface area contributed by atoms with Crippen LogP contribution in [0.5, 0.6) is 0 Å². The van der Waals surface area contributed by atoms with Gasteiger partial charge in [0.25, 0.3) is 0 Å². The van der Waals surface area contributed by atoms with Gasteiger partial charge in [0.15, 0.2) is 0 Å². The third kappa shape index (κ3) is 5.98. The Kier molecular flexibility index (Phi) is 6.28. The molecule has 2 rings (SSSR count). The molecule has 0 radical (unpaired) electrons. The number of sulfonamides is 1. The molecule has 126 valence electrons. The summed E-state index contributed by atoms with van der Waals surface area (Å²) >= 11 is 0. The molecule has 0 amide bonds. The van der Waals surface area contributed by atoms with Gasteiger partial charge in [-0.25, -0.2) is 13.1 Å². The first-order valence-electron chi connectivity index (χ1n) is 7.44. The fourth-order valence-corrected chi connectivity index (χ4v) is 3.23. The summed E-state index contributed by atoms with van der Waals surface area (Å²) in [7, 11) is -3.73. The first-order chi connectivity index (χ1) is 11.5. The minimum absolute atomic E-state index is 0.0950. The number of hydrogen-bond acceptors (Lipinski definition) is 3. The molecule has 2 N–H and O–H groups in total. The van der Waals surface area contributed by atoms with Crippen LogP contribution in [0.2, 0.25) is 0 Å². The van der Waals surface area contributed by atoms with Crippen molar-refractivity contribution in [3.05, 3.63) is 77.9 Å². The van der Waals surface area contributed by atoms with Crippen LogP contribution < -0.4 is 4.72 Å². The van der Waals surface area contributed by atoms with Gasteiger partial charge in [0.2, 0.25) is 10.0 Å². The Morgan fingerprint density at radius 3 is 2.21 bits per heavy atom. The van der Waals surface area contributed by atoms with Crippen molar-refractivity contribution in [1.82, 2.24) is 4.72 Å². The average molecular weight is 345 g/mol. The van der Waals surface area contributed by atoms with Gasteiger partial charge in [-0.3, -0.25) is 4.79 Å². The Morgan fingerprint density at radius 2 is 1.62 bits per heavy atom. The van der Waals surface area contributed by atoms with E-state index < -0.39 is 22.0 Å². The zero-order valence-corrected chi connectivity index (χ0v) is 13.8. The summed E-state index contributed by atoms with van der Waals surface area (Å²) in [5.74, 6) is -1.48. The molecule has 1 unspecified atom stereocenters. The molecule has 0 saturated carbocycles. The van der Waals surface area contributed by atoms with E-state index in [0.29, 0.717) is 0 Å². The maximum absolute atomic E-state index is 12.1. The molecule has 0 spiro atoms. The van der Waals surface area contributed by atoms with Gasteiger partial charge in [-0.1, -0.05) is 72.8 Å². The van der Waals surface area contributed by atoms with Crippen LogP contribution >= 0.6 is 0 Å². The molecular weight excluding hydrogens is 326 g/mol. The molecule has 1 atom stereocenters. The molecule has 0 bridgehead atoms. The van der Waals surface area contributed by atoms with Crippen molar-refractivity contribution < 1.29 is 18.3 Å². The highest BCUT2D eigenvalue weighted by molar-refractivity contribution is 7.89. The zero-order valence-electron chi connectivity index (χ0n) is 13.0. The van der Waals surface area contributed by atoms with Crippen LogP contribution in [0.15, 0.2) is 66.7 Å². The maximum Gasteiger partial charge on any atom is 0.322 e. The van der Waals surface area contributed by atoms with E-state index in [1.165, 1.54) is 6.08 Å². The van der Waals surface area contributed by atoms with E-state index in [4.69, 9.17) is 0 Å². The SMILES string of the molecule is O=C(O)C(Cc1ccccc1)NS(=O)(=O)C/C=C/c1ccccc1. The highest BCUT2D eigenvalue weighted by Gasteiger charge is 2.23. The van der Waals surface area contributed by atoms with Gasteiger partial charge >= 0.3 is 5.97 Å². The number of carboxylic acids is 1. The molecule has 0 saturated heterocycles. The van der Waals surface area contributed by atoms with E-state index in [1.54, 1.807) is 30.3 Å². The van der Waals surface area contributed by atoms with Gasteiger partial charge in [0.1, 0.15) is 6.04 Å². The van der Waals surface area contributed by atoms with Gasteiger partial charge in [0, 0.05) is 0 Å². The smallest absolute Gasteiger partial charge is 0.322 e. The molecule has 0 aromatic heterocycles. The van der Waals surface area contributed by atoms with Gasteiger partial charge in [-0.05, 0) is 17.5 Å². The first kappa shape index (κ1) is 17.9. The molecule has 0 heterocycles. The number of rotatable bonds is 8. The second-order valence-corrected chi connectivity index (χ2v) is 7.09. The number of aliphatic carboxylic acids is 1. The van der Waals surface area contributed by atoms with Crippen LogP contribution in [0, 0.1) is 0 Å². The van der Waals surface area contributed by atoms with Crippen LogP contribution in [0.1, 0.15) is 11.1 Å². The Balaban J connectivity index is 1.99. The summed E-state index contributed by atoms with van der Waals surface area (Å²) in [4.78, 5) is 11.3.